The van der Waals surface area contributed by atoms with Gasteiger partial charge < -0.3 is 19.0 Å². The van der Waals surface area contributed by atoms with E-state index >= 15 is 0 Å². The molecule has 3 aromatic rings. The van der Waals surface area contributed by atoms with Gasteiger partial charge in [-0.05, 0) is 35.9 Å². The topological polar surface area (TPSA) is 115 Å². The first kappa shape index (κ1) is 20.8. The number of aromatic hydroxyl groups is 1. The molecule has 1 heterocycles. The van der Waals surface area contributed by atoms with Crippen molar-refractivity contribution in [1.82, 2.24) is 0 Å². The van der Waals surface area contributed by atoms with Crippen molar-refractivity contribution in [2.75, 3.05) is 25.6 Å². The van der Waals surface area contributed by atoms with Gasteiger partial charge in [0.25, 0.3) is 0 Å². The summed E-state index contributed by atoms with van der Waals surface area (Å²) < 4.78 is 14.8. The number of hydrogen-bond acceptors (Lipinski definition) is 7. The smallest absolute Gasteiger partial charge is 0.411 e. The van der Waals surface area contributed by atoms with E-state index < -0.39 is 28.8 Å². The molecule has 3 rings (SSSR count). The Bertz CT molecular complexity index is 1160. The van der Waals surface area contributed by atoms with Gasteiger partial charge in [-0.15, -0.1) is 0 Å². The number of anilines is 1. The van der Waals surface area contributed by atoms with Crippen LogP contribution in [0.1, 0.15) is 15.9 Å². The monoisotopic (exact) mass is 409 g/mol. The fourth-order valence-corrected chi connectivity index (χ4v) is 2.70. The van der Waals surface area contributed by atoms with E-state index in [0.717, 1.165) is 6.08 Å². The van der Waals surface area contributed by atoms with Crippen LogP contribution >= 0.6 is 0 Å². The van der Waals surface area contributed by atoms with E-state index in [1.807, 2.05) is 0 Å². The van der Waals surface area contributed by atoms with Crippen molar-refractivity contribution in [2.24, 2.45) is 0 Å². The summed E-state index contributed by atoms with van der Waals surface area (Å²) in [6.45, 7) is 0.405. The Morgan fingerprint density at radius 3 is 2.73 bits per heavy atom. The van der Waals surface area contributed by atoms with Crippen LogP contribution in [0.25, 0.3) is 17.0 Å². The molecule has 0 saturated carbocycles. The van der Waals surface area contributed by atoms with Gasteiger partial charge in [-0.3, -0.25) is 10.1 Å². The van der Waals surface area contributed by atoms with Crippen LogP contribution in [0.15, 0.2) is 63.8 Å². The number of carbonyl (C=O) groups is 2. The molecular weight excluding hydrogens is 390 g/mol. The van der Waals surface area contributed by atoms with E-state index in [1.165, 1.54) is 19.3 Å². The molecule has 0 fully saturated rings. The highest BCUT2D eigenvalue weighted by Gasteiger charge is 2.18. The third-order valence-corrected chi connectivity index (χ3v) is 4.11. The van der Waals surface area contributed by atoms with Gasteiger partial charge >= 0.3 is 11.7 Å². The van der Waals surface area contributed by atoms with Crippen LogP contribution in [0.5, 0.6) is 5.75 Å². The van der Waals surface area contributed by atoms with Crippen LogP contribution in [0.3, 0.4) is 0 Å². The first-order chi connectivity index (χ1) is 14.5. The number of amides is 1. The summed E-state index contributed by atoms with van der Waals surface area (Å²) in [5, 5.41) is 13.2. The molecule has 0 aliphatic carbocycles. The zero-order valence-electron chi connectivity index (χ0n) is 16.1. The summed E-state index contributed by atoms with van der Waals surface area (Å²) in [5.41, 5.74) is -0.129. The number of fused-ring (bicyclic) bond motifs is 1. The lowest BCUT2D eigenvalue weighted by Gasteiger charge is -2.07. The van der Waals surface area contributed by atoms with Crippen molar-refractivity contribution >= 4 is 34.6 Å². The normalized spacial score (nSPS) is 11.0. The Hall–Kier alpha value is -3.91. The van der Waals surface area contributed by atoms with Crippen molar-refractivity contribution < 1.29 is 28.6 Å². The molecule has 0 saturated heterocycles. The van der Waals surface area contributed by atoms with E-state index in [4.69, 9.17) is 13.9 Å². The first-order valence-corrected chi connectivity index (χ1v) is 8.99. The predicted octanol–water partition coefficient (Wildman–Crippen LogP) is 3.59. The Kier molecular flexibility index (Phi) is 6.61. The number of nitrogens with one attached hydrogen (secondary N) is 1. The molecule has 0 radical (unpaired) electrons. The minimum absolute atomic E-state index is 0.119. The summed E-state index contributed by atoms with van der Waals surface area (Å²) in [6, 6.07) is 13.0. The number of allylic oxidation sites excluding steroid dienone is 1. The van der Waals surface area contributed by atoms with E-state index in [9.17, 15) is 19.5 Å². The zero-order chi connectivity index (χ0) is 21.5. The Labute approximate surface area is 171 Å². The second kappa shape index (κ2) is 9.53. The molecule has 0 aliphatic rings. The fourth-order valence-electron chi connectivity index (χ4n) is 2.70. The Morgan fingerprint density at radius 2 is 1.93 bits per heavy atom. The number of para-hydroxylation sites is 1. The highest BCUT2D eigenvalue weighted by molar-refractivity contribution is 6.10. The SMILES string of the molecule is COCCOC(=O)Nc1cccc(/C=C/C(=O)c2c(O)c3ccccc3oc2=O)c1. The minimum Gasteiger partial charge on any atom is -0.506 e. The molecular formula is C22H19NO7. The quantitative estimate of drug-likeness (QED) is 0.265. The second-order valence-corrected chi connectivity index (χ2v) is 6.19. The Balaban J connectivity index is 1.76. The van der Waals surface area contributed by atoms with Crippen molar-refractivity contribution in [3.63, 3.8) is 0 Å². The molecule has 0 aliphatic heterocycles. The van der Waals surface area contributed by atoms with Gasteiger partial charge in [-0.2, -0.15) is 0 Å². The number of carbonyl (C=O) groups excluding carboxylic acids is 2. The molecule has 0 atom stereocenters. The minimum atomic E-state index is -0.921. The lowest BCUT2D eigenvalue weighted by atomic mass is 10.1. The predicted molar refractivity (Wildman–Crippen MR) is 111 cm³/mol. The molecule has 1 amide bonds. The summed E-state index contributed by atoms with van der Waals surface area (Å²) in [7, 11) is 1.50. The van der Waals surface area contributed by atoms with Gasteiger partial charge in [0.05, 0.1) is 12.0 Å². The molecule has 30 heavy (non-hydrogen) atoms. The molecule has 1 aromatic heterocycles. The lowest BCUT2D eigenvalue weighted by molar-refractivity contribution is 0.104. The van der Waals surface area contributed by atoms with E-state index in [-0.39, 0.29) is 24.2 Å². The third kappa shape index (κ3) is 4.92. The Morgan fingerprint density at radius 1 is 1.13 bits per heavy atom. The summed E-state index contributed by atoms with van der Waals surface area (Å²) in [5.74, 6) is -1.13. The van der Waals surface area contributed by atoms with Crippen molar-refractivity contribution in [3.05, 3.63) is 76.2 Å². The van der Waals surface area contributed by atoms with Crippen molar-refractivity contribution in [2.45, 2.75) is 0 Å². The number of methoxy groups -OCH3 is 1. The van der Waals surface area contributed by atoms with Gasteiger partial charge in [-0.25, -0.2) is 9.59 Å². The molecule has 8 nitrogen and oxygen atoms in total. The third-order valence-electron chi connectivity index (χ3n) is 4.11. The van der Waals surface area contributed by atoms with Crippen LogP contribution < -0.4 is 10.9 Å². The second-order valence-electron chi connectivity index (χ2n) is 6.19. The molecule has 0 unspecified atom stereocenters. The number of rotatable bonds is 7. The number of ether oxygens (including phenoxy) is 2. The fraction of sp³-hybridized carbons (Fsp3) is 0.136. The molecule has 2 N–H and O–H groups in total. The molecule has 8 heteroatoms. The maximum Gasteiger partial charge on any atom is 0.411 e. The average molecular weight is 409 g/mol. The van der Waals surface area contributed by atoms with Crippen LogP contribution in [0.4, 0.5) is 10.5 Å². The number of hydrogen-bond donors (Lipinski definition) is 2. The highest BCUT2D eigenvalue weighted by Crippen LogP contribution is 2.26. The average Bonchev–Trinajstić information content (AvgIpc) is 2.73. The summed E-state index contributed by atoms with van der Waals surface area (Å²) in [4.78, 5) is 36.3. The largest absolute Gasteiger partial charge is 0.506 e. The maximum atomic E-state index is 12.5. The van der Waals surface area contributed by atoms with Gasteiger partial charge in [-0.1, -0.05) is 30.3 Å². The molecule has 0 bridgehead atoms. The van der Waals surface area contributed by atoms with Gasteiger partial charge in [0, 0.05) is 12.8 Å². The number of ketones is 1. The summed E-state index contributed by atoms with van der Waals surface area (Å²) >= 11 is 0. The highest BCUT2D eigenvalue weighted by atomic mass is 16.6. The van der Waals surface area contributed by atoms with Gasteiger partial charge in [0.1, 0.15) is 23.5 Å². The van der Waals surface area contributed by atoms with E-state index in [0.29, 0.717) is 11.3 Å². The zero-order valence-corrected chi connectivity index (χ0v) is 16.1. The van der Waals surface area contributed by atoms with Gasteiger partial charge in [0.15, 0.2) is 5.78 Å². The summed E-state index contributed by atoms with van der Waals surface area (Å²) in [6.07, 6.45) is 1.97. The van der Waals surface area contributed by atoms with Crippen molar-refractivity contribution in [3.8, 4) is 5.75 Å². The molecule has 2 aromatic carbocycles. The van der Waals surface area contributed by atoms with Crippen LogP contribution in [-0.2, 0) is 9.47 Å². The molecule has 154 valence electrons. The number of benzene rings is 2. The van der Waals surface area contributed by atoms with Gasteiger partial charge in [0.2, 0.25) is 0 Å². The van der Waals surface area contributed by atoms with E-state index in [2.05, 4.69) is 5.32 Å². The van der Waals surface area contributed by atoms with Crippen LogP contribution in [0.2, 0.25) is 0 Å². The van der Waals surface area contributed by atoms with Crippen molar-refractivity contribution in [1.29, 1.82) is 0 Å². The van der Waals surface area contributed by atoms with E-state index in [1.54, 1.807) is 42.5 Å². The molecule has 0 spiro atoms. The first-order valence-electron chi connectivity index (χ1n) is 8.99. The standard InChI is InChI=1S/C22H19NO7/c1-28-11-12-29-22(27)23-15-6-4-5-14(13-15)9-10-17(24)19-20(25)16-7-2-3-8-18(16)30-21(19)26/h2-10,13,25H,11-12H2,1H3,(H,23,27)/b10-9+. The lowest BCUT2D eigenvalue weighted by Crippen LogP contribution is -2.16. The van der Waals surface area contributed by atoms with Crippen LogP contribution in [-0.4, -0.2) is 37.3 Å². The van der Waals surface area contributed by atoms with Crippen LogP contribution in [0, 0.1) is 0 Å². The maximum absolute atomic E-state index is 12.5.